The van der Waals surface area contributed by atoms with E-state index in [-0.39, 0.29) is 16.2 Å². The van der Waals surface area contributed by atoms with Crippen molar-refractivity contribution in [3.05, 3.63) is 70.8 Å². The molecular weight excluding hydrogens is 296 g/mol. The highest BCUT2D eigenvalue weighted by Gasteiger charge is 2.39. The number of hydroxylamine groups is 2. The van der Waals surface area contributed by atoms with Gasteiger partial charge in [0.1, 0.15) is 5.56 Å². The highest BCUT2D eigenvalue weighted by Crippen LogP contribution is 2.23. The van der Waals surface area contributed by atoms with Crippen LogP contribution in [0.1, 0.15) is 31.1 Å². The number of amides is 2. The maximum absolute atomic E-state index is 13.5. The fourth-order valence-electron chi connectivity index (χ4n) is 2.04. The summed E-state index contributed by atoms with van der Waals surface area (Å²) in [6.45, 7) is 0. The van der Waals surface area contributed by atoms with Crippen LogP contribution in [0.4, 0.5) is 8.78 Å². The van der Waals surface area contributed by atoms with Crippen LogP contribution in [0, 0.1) is 11.6 Å². The van der Waals surface area contributed by atoms with E-state index in [1.165, 1.54) is 12.1 Å². The fraction of sp³-hybridized carbons (Fsp3) is 0. The van der Waals surface area contributed by atoms with Crippen LogP contribution in [0.2, 0.25) is 0 Å². The summed E-state index contributed by atoms with van der Waals surface area (Å²) < 4.78 is 26.6. The van der Waals surface area contributed by atoms with Gasteiger partial charge >= 0.3 is 5.97 Å². The zero-order chi connectivity index (χ0) is 15.9. The fourth-order valence-corrected chi connectivity index (χ4v) is 2.04. The number of nitrogens with zero attached hydrogens (tertiary/aromatic N) is 1. The predicted octanol–water partition coefficient (Wildman–Crippen LogP) is 2.33. The van der Waals surface area contributed by atoms with Crippen LogP contribution in [-0.4, -0.2) is 22.8 Å². The molecule has 0 atom stereocenters. The van der Waals surface area contributed by atoms with Gasteiger partial charge < -0.3 is 4.84 Å². The lowest BCUT2D eigenvalue weighted by atomic mass is 10.1. The molecule has 0 spiro atoms. The molecule has 0 aromatic heterocycles. The van der Waals surface area contributed by atoms with Crippen LogP contribution in [0.15, 0.2) is 42.5 Å². The first-order valence-corrected chi connectivity index (χ1v) is 6.15. The summed E-state index contributed by atoms with van der Waals surface area (Å²) in [6, 6.07) is 8.80. The molecule has 0 bridgehead atoms. The SMILES string of the molecule is O=C(ON1C(=O)c2ccccc2C1=O)c1cccc(F)c1F. The van der Waals surface area contributed by atoms with E-state index >= 15 is 0 Å². The maximum Gasteiger partial charge on any atom is 0.367 e. The minimum atomic E-state index is -1.41. The second-order valence-corrected chi connectivity index (χ2v) is 4.43. The molecule has 1 aliphatic heterocycles. The van der Waals surface area contributed by atoms with Gasteiger partial charge in [0.05, 0.1) is 11.1 Å². The van der Waals surface area contributed by atoms with E-state index in [1.54, 1.807) is 12.1 Å². The highest BCUT2D eigenvalue weighted by atomic mass is 19.2. The Morgan fingerprint density at radius 3 is 2.09 bits per heavy atom. The number of fused-ring (bicyclic) bond motifs is 1. The quantitative estimate of drug-likeness (QED) is 0.799. The number of hydrogen-bond acceptors (Lipinski definition) is 4. The van der Waals surface area contributed by atoms with Crippen molar-refractivity contribution in [2.24, 2.45) is 0 Å². The second-order valence-electron chi connectivity index (χ2n) is 4.43. The molecule has 0 saturated heterocycles. The van der Waals surface area contributed by atoms with Gasteiger partial charge in [-0.2, -0.15) is 0 Å². The summed E-state index contributed by atoms with van der Waals surface area (Å²) in [5, 5.41) is 0.233. The molecule has 7 heteroatoms. The first-order chi connectivity index (χ1) is 10.5. The largest absolute Gasteiger partial charge is 0.367 e. The van der Waals surface area contributed by atoms with Gasteiger partial charge in [-0.3, -0.25) is 9.59 Å². The number of halogens is 2. The lowest BCUT2D eigenvalue weighted by molar-refractivity contribution is -0.0587. The van der Waals surface area contributed by atoms with Gasteiger partial charge in [0.2, 0.25) is 0 Å². The molecule has 2 amide bonds. The molecule has 2 aromatic carbocycles. The van der Waals surface area contributed by atoms with Crippen LogP contribution in [0.25, 0.3) is 0 Å². The Bertz CT molecular complexity index is 784. The summed E-state index contributed by atoms with van der Waals surface area (Å²) in [5.74, 6) is -5.68. The summed E-state index contributed by atoms with van der Waals surface area (Å²) in [7, 11) is 0. The van der Waals surface area contributed by atoms with Crippen molar-refractivity contribution in [2.45, 2.75) is 0 Å². The predicted molar refractivity (Wildman–Crippen MR) is 68.7 cm³/mol. The number of benzene rings is 2. The topological polar surface area (TPSA) is 63.7 Å². The number of carbonyl (C=O) groups is 3. The molecule has 110 valence electrons. The third-order valence-electron chi connectivity index (χ3n) is 3.10. The van der Waals surface area contributed by atoms with Crippen LogP contribution in [0.3, 0.4) is 0 Å². The van der Waals surface area contributed by atoms with Crippen molar-refractivity contribution in [1.29, 1.82) is 0 Å². The molecular formula is C15H7F2NO4. The molecule has 22 heavy (non-hydrogen) atoms. The maximum atomic E-state index is 13.5. The van der Waals surface area contributed by atoms with E-state index in [4.69, 9.17) is 0 Å². The number of rotatable bonds is 2. The smallest absolute Gasteiger partial charge is 0.324 e. The number of hydrogen-bond donors (Lipinski definition) is 0. The average Bonchev–Trinajstić information content (AvgIpc) is 2.75. The van der Waals surface area contributed by atoms with E-state index in [0.717, 1.165) is 18.2 Å². The van der Waals surface area contributed by atoms with Crippen molar-refractivity contribution in [1.82, 2.24) is 5.06 Å². The average molecular weight is 303 g/mol. The minimum absolute atomic E-state index is 0.0695. The molecule has 1 heterocycles. The first-order valence-electron chi connectivity index (χ1n) is 6.15. The lowest BCUT2D eigenvalue weighted by Gasteiger charge is -2.12. The Morgan fingerprint density at radius 2 is 1.50 bits per heavy atom. The van der Waals surface area contributed by atoms with E-state index in [1.807, 2.05) is 0 Å². The van der Waals surface area contributed by atoms with Crippen molar-refractivity contribution >= 4 is 17.8 Å². The molecule has 0 unspecified atom stereocenters. The van der Waals surface area contributed by atoms with E-state index in [0.29, 0.717) is 0 Å². The van der Waals surface area contributed by atoms with E-state index in [2.05, 4.69) is 4.84 Å². The van der Waals surface area contributed by atoms with Gasteiger partial charge in [-0.25, -0.2) is 13.6 Å². The van der Waals surface area contributed by atoms with Gasteiger partial charge in [0.15, 0.2) is 11.6 Å². The van der Waals surface area contributed by atoms with Gasteiger partial charge in [-0.05, 0) is 24.3 Å². The molecule has 0 aliphatic carbocycles. The molecule has 0 N–H and O–H groups in total. The summed E-state index contributed by atoms with van der Waals surface area (Å²) in [4.78, 5) is 40.4. The van der Waals surface area contributed by atoms with Crippen molar-refractivity contribution < 1.29 is 28.0 Å². The standard InChI is InChI=1S/C15H7F2NO4/c16-11-7-3-6-10(12(11)17)15(21)22-18-13(19)8-4-1-2-5-9(8)14(18)20/h1-7H. The molecule has 2 aromatic rings. The zero-order valence-corrected chi connectivity index (χ0v) is 10.9. The zero-order valence-electron chi connectivity index (χ0n) is 10.9. The second kappa shape index (κ2) is 5.03. The summed E-state index contributed by atoms with van der Waals surface area (Å²) in [5.41, 5.74) is -0.573. The van der Waals surface area contributed by atoms with Gasteiger partial charge in [0.25, 0.3) is 11.8 Å². The molecule has 5 nitrogen and oxygen atoms in total. The van der Waals surface area contributed by atoms with Gasteiger partial charge in [0, 0.05) is 0 Å². The molecule has 3 rings (SSSR count). The van der Waals surface area contributed by atoms with Crippen LogP contribution in [0.5, 0.6) is 0 Å². The Balaban J connectivity index is 1.89. The first kappa shape index (κ1) is 13.9. The Morgan fingerprint density at radius 1 is 0.909 bits per heavy atom. The van der Waals surface area contributed by atoms with Crippen molar-refractivity contribution in [3.8, 4) is 0 Å². The van der Waals surface area contributed by atoms with Crippen molar-refractivity contribution in [3.63, 3.8) is 0 Å². The van der Waals surface area contributed by atoms with E-state index < -0.39 is 35.0 Å². The minimum Gasteiger partial charge on any atom is -0.324 e. The summed E-state index contributed by atoms with van der Waals surface area (Å²) >= 11 is 0. The Labute approximate surface area is 122 Å². The monoisotopic (exact) mass is 303 g/mol. The lowest BCUT2D eigenvalue weighted by Crippen LogP contribution is -2.33. The number of carbonyl (C=O) groups excluding carboxylic acids is 3. The van der Waals surface area contributed by atoms with Gasteiger partial charge in [-0.15, -0.1) is 0 Å². The van der Waals surface area contributed by atoms with Crippen LogP contribution in [-0.2, 0) is 4.84 Å². The molecule has 1 aliphatic rings. The van der Waals surface area contributed by atoms with Crippen molar-refractivity contribution in [2.75, 3.05) is 0 Å². The van der Waals surface area contributed by atoms with Gasteiger partial charge in [-0.1, -0.05) is 23.3 Å². The number of imide groups is 1. The molecule has 0 radical (unpaired) electrons. The normalized spacial score (nSPS) is 13.3. The molecule has 0 saturated carbocycles. The Hall–Kier alpha value is -3.09. The third kappa shape index (κ3) is 2.03. The third-order valence-corrected chi connectivity index (χ3v) is 3.10. The highest BCUT2D eigenvalue weighted by molar-refractivity contribution is 6.21. The summed E-state index contributed by atoms with van der Waals surface area (Å²) in [6.07, 6.45) is 0. The van der Waals surface area contributed by atoms with Crippen LogP contribution >= 0.6 is 0 Å². The van der Waals surface area contributed by atoms with Crippen LogP contribution < -0.4 is 0 Å². The molecule has 0 fully saturated rings. The Kier molecular flexibility index (Phi) is 3.17. The van der Waals surface area contributed by atoms with E-state index in [9.17, 15) is 23.2 Å².